The van der Waals surface area contributed by atoms with Gasteiger partial charge in [-0.25, -0.2) is 28.5 Å². The van der Waals surface area contributed by atoms with Crippen LogP contribution in [0.1, 0.15) is 16.1 Å². The van der Waals surface area contributed by atoms with E-state index in [1.54, 1.807) is 48.7 Å². The number of anilines is 1. The second kappa shape index (κ2) is 9.18. The second-order valence-corrected chi connectivity index (χ2v) is 8.03. The molecule has 160 valence electrons. The van der Waals surface area contributed by atoms with Gasteiger partial charge in [0.05, 0.1) is 16.7 Å². The van der Waals surface area contributed by atoms with Gasteiger partial charge in [-0.2, -0.15) is 5.10 Å². The van der Waals surface area contributed by atoms with Gasteiger partial charge in [-0.05, 0) is 54.6 Å². The maximum absolute atomic E-state index is 12.5. The average molecular weight is 448 g/mol. The lowest BCUT2D eigenvalue weighted by Crippen LogP contribution is -2.17. The molecule has 0 unspecified atom stereocenters. The molecule has 0 radical (unpaired) electrons. The van der Waals surface area contributed by atoms with Crippen molar-refractivity contribution in [1.82, 2.24) is 20.4 Å². The van der Waals surface area contributed by atoms with Gasteiger partial charge in [0.1, 0.15) is 11.5 Å². The first-order valence-electron chi connectivity index (χ1n) is 9.25. The van der Waals surface area contributed by atoms with E-state index in [0.29, 0.717) is 22.6 Å². The van der Waals surface area contributed by atoms with Crippen molar-refractivity contribution in [3.63, 3.8) is 0 Å². The summed E-state index contributed by atoms with van der Waals surface area (Å²) >= 11 is 0. The van der Waals surface area contributed by atoms with Crippen molar-refractivity contribution >= 4 is 28.1 Å². The Kier molecular flexibility index (Phi) is 5.99. The van der Waals surface area contributed by atoms with Gasteiger partial charge in [0.15, 0.2) is 0 Å². The van der Waals surface area contributed by atoms with Crippen LogP contribution in [0, 0.1) is 0 Å². The average Bonchev–Trinajstić information content (AvgIpc) is 3.29. The molecule has 3 heterocycles. The maximum atomic E-state index is 12.5. The molecular formula is C21H16N6O4S. The first-order valence-corrected chi connectivity index (χ1v) is 10.7. The number of carbonyl (C=O) groups is 1. The highest BCUT2D eigenvalue weighted by atomic mass is 32.2. The minimum atomic E-state index is -3.82. The predicted octanol–water partition coefficient (Wildman–Crippen LogP) is 2.70. The van der Waals surface area contributed by atoms with Crippen LogP contribution in [0.5, 0.6) is 0 Å². The molecule has 10 nitrogen and oxygen atoms in total. The smallest absolute Gasteiger partial charge is 0.272 e. The third kappa shape index (κ3) is 5.02. The van der Waals surface area contributed by atoms with E-state index in [9.17, 15) is 13.2 Å². The number of nitrogens with zero attached hydrogens (tertiary/aromatic N) is 4. The number of rotatable bonds is 7. The molecule has 4 rings (SSSR count). The molecule has 32 heavy (non-hydrogen) atoms. The first-order chi connectivity index (χ1) is 15.5. The van der Waals surface area contributed by atoms with Gasteiger partial charge in [0.2, 0.25) is 5.95 Å². The zero-order valence-electron chi connectivity index (χ0n) is 16.4. The number of furan rings is 1. The van der Waals surface area contributed by atoms with Crippen molar-refractivity contribution in [2.75, 3.05) is 4.72 Å². The summed E-state index contributed by atoms with van der Waals surface area (Å²) in [5.74, 6) is 0.508. The summed E-state index contributed by atoms with van der Waals surface area (Å²) < 4.78 is 32.9. The van der Waals surface area contributed by atoms with E-state index in [0.717, 1.165) is 0 Å². The van der Waals surface area contributed by atoms with Crippen molar-refractivity contribution in [3.8, 4) is 11.3 Å². The van der Waals surface area contributed by atoms with Gasteiger partial charge in [0, 0.05) is 30.4 Å². The Morgan fingerprint density at radius 3 is 2.47 bits per heavy atom. The normalized spacial score (nSPS) is 11.4. The summed E-state index contributed by atoms with van der Waals surface area (Å²) in [5, 5.41) is 3.87. The number of carbonyl (C=O) groups excluding carboxylic acids is 1. The molecule has 2 N–H and O–H groups in total. The van der Waals surface area contributed by atoms with Crippen molar-refractivity contribution in [2.24, 2.45) is 5.10 Å². The van der Waals surface area contributed by atoms with E-state index in [-0.39, 0.29) is 10.8 Å². The van der Waals surface area contributed by atoms with Gasteiger partial charge in [-0.15, -0.1) is 0 Å². The summed E-state index contributed by atoms with van der Waals surface area (Å²) in [6, 6.07) is 14.4. The highest BCUT2D eigenvalue weighted by Crippen LogP contribution is 2.23. The van der Waals surface area contributed by atoms with Crippen LogP contribution in [0.15, 0.2) is 93.8 Å². The third-order valence-electron chi connectivity index (χ3n) is 4.15. The summed E-state index contributed by atoms with van der Waals surface area (Å²) in [5.41, 5.74) is 3.44. The lowest BCUT2D eigenvalue weighted by molar-refractivity contribution is 0.0954. The molecule has 0 aliphatic heterocycles. The molecule has 4 aromatic rings. The molecular weight excluding hydrogens is 432 g/mol. The topological polar surface area (TPSA) is 139 Å². The molecule has 0 saturated carbocycles. The molecule has 0 fully saturated rings. The summed E-state index contributed by atoms with van der Waals surface area (Å²) in [6.45, 7) is 0. The van der Waals surface area contributed by atoms with Crippen molar-refractivity contribution in [3.05, 3.63) is 90.7 Å². The monoisotopic (exact) mass is 448 g/mol. The predicted molar refractivity (Wildman–Crippen MR) is 116 cm³/mol. The zero-order chi connectivity index (χ0) is 22.4. The molecule has 0 saturated heterocycles. The highest BCUT2D eigenvalue weighted by Gasteiger charge is 2.16. The molecule has 3 aromatic heterocycles. The van der Waals surface area contributed by atoms with Gasteiger partial charge < -0.3 is 4.42 Å². The number of aromatic nitrogens is 3. The van der Waals surface area contributed by atoms with Gasteiger partial charge in [-0.3, -0.25) is 9.78 Å². The Balaban J connectivity index is 1.41. The van der Waals surface area contributed by atoms with Crippen LogP contribution in [0.3, 0.4) is 0 Å². The molecule has 0 aliphatic carbocycles. The Morgan fingerprint density at radius 1 is 0.969 bits per heavy atom. The minimum Gasteiger partial charge on any atom is -0.455 e. The van der Waals surface area contributed by atoms with E-state index >= 15 is 0 Å². The summed E-state index contributed by atoms with van der Waals surface area (Å²) in [7, 11) is -3.82. The zero-order valence-corrected chi connectivity index (χ0v) is 17.2. The van der Waals surface area contributed by atoms with Gasteiger partial charge in [0.25, 0.3) is 15.9 Å². The number of nitrogens with one attached hydrogen (secondary N) is 2. The molecule has 0 atom stereocenters. The quantitative estimate of drug-likeness (QED) is 0.327. The number of hydrogen-bond acceptors (Lipinski definition) is 8. The number of sulfonamides is 1. The van der Waals surface area contributed by atoms with Crippen LogP contribution >= 0.6 is 0 Å². The largest absolute Gasteiger partial charge is 0.455 e. The molecule has 1 aromatic carbocycles. The molecule has 0 bridgehead atoms. The van der Waals surface area contributed by atoms with Crippen LogP contribution in [-0.2, 0) is 10.0 Å². The second-order valence-electron chi connectivity index (χ2n) is 6.35. The van der Waals surface area contributed by atoms with Crippen LogP contribution in [0.4, 0.5) is 5.95 Å². The molecule has 11 heteroatoms. The Morgan fingerprint density at radius 2 is 1.75 bits per heavy atom. The van der Waals surface area contributed by atoms with Gasteiger partial charge >= 0.3 is 0 Å². The fourth-order valence-electron chi connectivity index (χ4n) is 2.62. The van der Waals surface area contributed by atoms with E-state index in [2.05, 4.69) is 30.2 Å². The SMILES string of the molecule is O=C(NN=Cc1ccc(-c2ccc(S(=O)(=O)Nc3ncccn3)cc2)o1)c1cccnc1. The lowest BCUT2D eigenvalue weighted by atomic mass is 10.2. The van der Waals surface area contributed by atoms with Gasteiger partial charge in [-0.1, -0.05) is 0 Å². The van der Waals surface area contributed by atoms with E-state index in [1.807, 2.05) is 0 Å². The molecule has 0 spiro atoms. The van der Waals surface area contributed by atoms with E-state index in [1.165, 1.54) is 36.9 Å². The first kappa shape index (κ1) is 20.9. The van der Waals surface area contributed by atoms with E-state index < -0.39 is 15.9 Å². The highest BCUT2D eigenvalue weighted by molar-refractivity contribution is 7.92. The number of hydrogen-bond donors (Lipinski definition) is 2. The van der Waals surface area contributed by atoms with Crippen molar-refractivity contribution in [1.29, 1.82) is 0 Å². The molecule has 1 amide bonds. The van der Waals surface area contributed by atoms with E-state index in [4.69, 9.17) is 4.42 Å². The standard InChI is InChI=1S/C21H16N6O4S/c28-20(16-3-1-10-22-13-16)26-25-14-17-6-9-19(31-17)15-4-7-18(8-5-15)32(29,30)27-21-23-11-2-12-24-21/h1-14H,(H,26,28)(H,23,24,27). The Hall–Kier alpha value is -4.38. The summed E-state index contributed by atoms with van der Waals surface area (Å²) in [6.07, 6.45) is 7.25. The van der Waals surface area contributed by atoms with Crippen LogP contribution < -0.4 is 10.1 Å². The minimum absolute atomic E-state index is 0.0119. The fourth-order valence-corrected chi connectivity index (χ4v) is 3.58. The Bertz CT molecular complexity index is 1340. The maximum Gasteiger partial charge on any atom is 0.272 e. The van der Waals surface area contributed by atoms with Crippen molar-refractivity contribution < 1.29 is 17.6 Å². The van der Waals surface area contributed by atoms with Crippen LogP contribution in [0.25, 0.3) is 11.3 Å². The lowest BCUT2D eigenvalue weighted by Gasteiger charge is -2.06. The van der Waals surface area contributed by atoms with Crippen LogP contribution in [0.2, 0.25) is 0 Å². The summed E-state index contributed by atoms with van der Waals surface area (Å²) in [4.78, 5) is 23.6. The third-order valence-corrected chi connectivity index (χ3v) is 5.49. The number of benzene rings is 1. The number of pyridine rings is 1. The van der Waals surface area contributed by atoms with Crippen molar-refractivity contribution in [2.45, 2.75) is 4.90 Å². The number of amides is 1. The molecule has 0 aliphatic rings. The fraction of sp³-hybridized carbons (Fsp3) is 0. The Labute approximate surface area is 183 Å². The van der Waals surface area contributed by atoms with Crippen LogP contribution in [-0.4, -0.2) is 35.5 Å². The number of hydrazone groups is 1.